The Morgan fingerprint density at radius 2 is 0.986 bits per heavy atom. The molecule has 1 amide bonds. The molecule has 7 atom stereocenters. The highest BCUT2D eigenvalue weighted by atomic mass is 16.7. The van der Waals surface area contributed by atoms with Crippen molar-refractivity contribution in [2.24, 2.45) is 0 Å². The summed E-state index contributed by atoms with van der Waals surface area (Å²) in [5.41, 5.74) is 0. The van der Waals surface area contributed by atoms with Gasteiger partial charge >= 0.3 is 5.97 Å². The fourth-order valence-electron chi connectivity index (χ4n) is 8.56. The molecule has 1 fully saturated rings. The van der Waals surface area contributed by atoms with Gasteiger partial charge < -0.3 is 45.1 Å². The number of ether oxygens (including phenoxy) is 3. The third-order valence-corrected chi connectivity index (χ3v) is 13.2. The van der Waals surface area contributed by atoms with Crippen molar-refractivity contribution in [2.45, 2.75) is 288 Å². The van der Waals surface area contributed by atoms with Crippen LogP contribution in [0, 0.1) is 0 Å². The summed E-state index contributed by atoms with van der Waals surface area (Å²) in [6, 6.07) is -0.819. The molecule has 6 N–H and O–H groups in total. The predicted octanol–water partition coefficient (Wildman–Crippen LogP) is 12.5. The highest BCUT2D eigenvalue weighted by molar-refractivity contribution is 5.76. The zero-order chi connectivity index (χ0) is 50.3. The molecule has 0 aromatic heterocycles. The number of aliphatic hydroxyl groups excluding tert-OH is 5. The van der Waals surface area contributed by atoms with Crippen molar-refractivity contribution in [3.8, 4) is 0 Å². The summed E-state index contributed by atoms with van der Waals surface area (Å²) in [6.45, 7) is 4.23. The highest BCUT2D eigenvalue weighted by Crippen LogP contribution is 2.23. The Bertz CT molecular complexity index is 1290. The zero-order valence-corrected chi connectivity index (χ0v) is 44.0. The minimum atomic E-state index is -1.58. The van der Waals surface area contributed by atoms with Gasteiger partial charge in [-0.2, -0.15) is 0 Å². The second kappa shape index (κ2) is 47.9. The van der Waals surface area contributed by atoms with Crippen molar-refractivity contribution >= 4 is 11.9 Å². The number of hydrogen-bond acceptors (Lipinski definition) is 10. The smallest absolute Gasteiger partial charge is 0.305 e. The average Bonchev–Trinajstić information content (AvgIpc) is 3.34. The summed E-state index contributed by atoms with van der Waals surface area (Å²) in [6.07, 6.45) is 49.2. The average molecular weight is 976 g/mol. The number of esters is 1. The van der Waals surface area contributed by atoms with E-state index in [0.29, 0.717) is 19.4 Å². The van der Waals surface area contributed by atoms with Gasteiger partial charge in [-0.15, -0.1) is 0 Å². The Labute approximate surface area is 421 Å². The van der Waals surface area contributed by atoms with E-state index in [0.717, 1.165) is 103 Å². The van der Waals surface area contributed by atoms with Crippen molar-refractivity contribution in [3.05, 3.63) is 48.6 Å². The molecule has 402 valence electrons. The predicted molar refractivity (Wildman–Crippen MR) is 283 cm³/mol. The van der Waals surface area contributed by atoms with Gasteiger partial charge in [0.1, 0.15) is 24.4 Å². The Kier molecular flexibility index (Phi) is 44.9. The molecule has 0 bridgehead atoms. The molecule has 69 heavy (non-hydrogen) atoms. The molecule has 0 saturated carbocycles. The number of hydrogen-bond donors (Lipinski definition) is 6. The molecule has 0 radical (unpaired) electrons. The normalized spacial score (nSPS) is 19.7. The minimum Gasteiger partial charge on any atom is -0.466 e. The molecule has 1 heterocycles. The molecular formula is C58H105NO10. The first-order chi connectivity index (χ1) is 33.7. The van der Waals surface area contributed by atoms with E-state index in [1.165, 1.54) is 116 Å². The second-order valence-electron chi connectivity index (χ2n) is 19.6. The van der Waals surface area contributed by atoms with Gasteiger partial charge in [-0.25, -0.2) is 0 Å². The summed E-state index contributed by atoms with van der Waals surface area (Å²) >= 11 is 0. The summed E-state index contributed by atoms with van der Waals surface area (Å²) in [5, 5.41) is 54.1. The molecule has 1 aliphatic rings. The first kappa shape index (κ1) is 64.6. The van der Waals surface area contributed by atoms with Crippen molar-refractivity contribution in [1.82, 2.24) is 5.32 Å². The Morgan fingerprint density at radius 1 is 0.536 bits per heavy atom. The van der Waals surface area contributed by atoms with Crippen LogP contribution in [0.3, 0.4) is 0 Å². The van der Waals surface area contributed by atoms with Crippen LogP contribution in [0.1, 0.15) is 245 Å². The largest absolute Gasteiger partial charge is 0.466 e. The molecule has 0 spiro atoms. The molecule has 1 aliphatic heterocycles. The number of unbranched alkanes of at least 4 members (excludes halogenated alkanes) is 28. The molecule has 7 unspecified atom stereocenters. The molecule has 11 heteroatoms. The zero-order valence-electron chi connectivity index (χ0n) is 44.0. The van der Waals surface area contributed by atoms with Gasteiger partial charge in [0, 0.05) is 12.8 Å². The monoisotopic (exact) mass is 976 g/mol. The number of amides is 1. The number of carbonyl (C=O) groups is 2. The van der Waals surface area contributed by atoms with E-state index >= 15 is 0 Å². The SMILES string of the molecule is CCCC/C=C\C/C=C\CCCCCCCC(=O)OCCCCCCCCCCC/C=C\CCCCCCCC(=O)NC(COC1OC(CO)C(O)C(O)C1O)C(O)/C=C/CCCCCCCCC. The van der Waals surface area contributed by atoms with Crippen LogP contribution in [-0.2, 0) is 23.8 Å². The van der Waals surface area contributed by atoms with Crippen LogP contribution in [0.2, 0.25) is 0 Å². The molecule has 11 nitrogen and oxygen atoms in total. The lowest BCUT2D eigenvalue weighted by Gasteiger charge is -2.40. The third-order valence-electron chi connectivity index (χ3n) is 13.2. The van der Waals surface area contributed by atoms with Crippen LogP contribution in [-0.4, -0.2) is 100 Å². The van der Waals surface area contributed by atoms with Crippen LogP contribution in [0.5, 0.6) is 0 Å². The van der Waals surface area contributed by atoms with E-state index in [9.17, 15) is 35.1 Å². The molecular weight excluding hydrogens is 871 g/mol. The lowest BCUT2D eigenvalue weighted by atomic mass is 9.99. The summed E-state index contributed by atoms with van der Waals surface area (Å²) in [7, 11) is 0. The van der Waals surface area contributed by atoms with Crippen molar-refractivity contribution in [1.29, 1.82) is 0 Å². The topological polar surface area (TPSA) is 175 Å². The molecule has 0 aliphatic carbocycles. The first-order valence-electron chi connectivity index (χ1n) is 28.4. The Hall–Kier alpha value is -2.38. The van der Waals surface area contributed by atoms with Crippen molar-refractivity contribution < 1.29 is 49.3 Å². The first-order valence-corrected chi connectivity index (χ1v) is 28.4. The van der Waals surface area contributed by atoms with Crippen LogP contribution >= 0.6 is 0 Å². The Balaban J connectivity index is 2.07. The molecule has 1 saturated heterocycles. The second-order valence-corrected chi connectivity index (χ2v) is 19.6. The molecule has 0 aromatic rings. The van der Waals surface area contributed by atoms with E-state index in [1.807, 2.05) is 6.08 Å². The van der Waals surface area contributed by atoms with Gasteiger partial charge in [-0.3, -0.25) is 9.59 Å². The fourth-order valence-corrected chi connectivity index (χ4v) is 8.56. The van der Waals surface area contributed by atoms with E-state index in [2.05, 4.69) is 55.6 Å². The number of aliphatic hydroxyl groups is 5. The summed E-state index contributed by atoms with van der Waals surface area (Å²) < 4.78 is 16.6. The maximum atomic E-state index is 13.0. The van der Waals surface area contributed by atoms with Gasteiger partial charge in [-0.1, -0.05) is 197 Å². The fraction of sp³-hybridized carbons (Fsp3) is 0.828. The Morgan fingerprint density at radius 3 is 1.52 bits per heavy atom. The van der Waals surface area contributed by atoms with Gasteiger partial charge in [-0.05, 0) is 83.5 Å². The highest BCUT2D eigenvalue weighted by Gasteiger charge is 2.44. The van der Waals surface area contributed by atoms with Crippen LogP contribution in [0.25, 0.3) is 0 Å². The van der Waals surface area contributed by atoms with Gasteiger partial charge in [0.15, 0.2) is 6.29 Å². The standard InChI is InChI=1S/C58H105NO10/c1-3-5-7-9-11-13-14-15-23-26-30-34-38-42-46-54(63)67-47-43-39-35-31-27-24-21-19-17-16-18-20-22-25-29-33-37-41-45-53(62)59-50(51(61)44-40-36-32-28-12-10-8-6-4-2)49-68-58-57(66)56(65)55(64)52(48-60)69-58/h9,11,14-15,18,20,40,44,50-52,55-58,60-61,64-66H,3-8,10,12-13,16-17,19,21-39,41-43,45-49H2,1-2H3,(H,59,62)/b11-9-,15-14-,20-18-,44-40+. The van der Waals surface area contributed by atoms with Gasteiger partial charge in [0.25, 0.3) is 0 Å². The van der Waals surface area contributed by atoms with E-state index < -0.39 is 49.5 Å². The maximum Gasteiger partial charge on any atom is 0.305 e. The van der Waals surface area contributed by atoms with Crippen molar-refractivity contribution in [2.75, 3.05) is 19.8 Å². The molecule has 1 rings (SSSR count). The number of allylic oxidation sites excluding steroid dienone is 7. The van der Waals surface area contributed by atoms with Crippen molar-refractivity contribution in [3.63, 3.8) is 0 Å². The van der Waals surface area contributed by atoms with Crippen LogP contribution in [0.4, 0.5) is 0 Å². The minimum absolute atomic E-state index is 0.0283. The summed E-state index contributed by atoms with van der Waals surface area (Å²) in [5.74, 6) is -0.228. The van der Waals surface area contributed by atoms with Gasteiger partial charge in [0.05, 0.1) is 32.0 Å². The van der Waals surface area contributed by atoms with Crippen LogP contribution < -0.4 is 5.32 Å². The van der Waals surface area contributed by atoms with Crippen LogP contribution in [0.15, 0.2) is 48.6 Å². The number of rotatable bonds is 48. The quantitative estimate of drug-likeness (QED) is 0.0196. The lowest BCUT2D eigenvalue weighted by Crippen LogP contribution is -2.60. The van der Waals surface area contributed by atoms with E-state index in [-0.39, 0.29) is 18.5 Å². The molecule has 0 aromatic carbocycles. The maximum absolute atomic E-state index is 13.0. The third kappa shape index (κ3) is 38.0. The van der Waals surface area contributed by atoms with E-state index in [4.69, 9.17) is 14.2 Å². The summed E-state index contributed by atoms with van der Waals surface area (Å²) in [4.78, 5) is 25.0. The number of carbonyl (C=O) groups excluding carboxylic acids is 2. The van der Waals surface area contributed by atoms with E-state index in [1.54, 1.807) is 6.08 Å². The van der Waals surface area contributed by atoms with Gasteiger partial charge in [0.2, 0.25) is 5.91 Å². The number of nitrogens with one attached hydrogen (secondary N) is 1. The lowest BCUT2D eigenvalue weighted by molar-refractivity contribution is -0.302.